The first-order valence-electron chi connectivity index (χ1n) is 11.8. The van der Waals surface area contributed by atoms with Gasteiger partial charge in [0.1, 0.15) is 6.54 Å². The quantitative estimate of drug-likeness (QED) is 0.350. The molecule has 0 aliphatic rings. The van der Waals surface area contributed by atoms with E-state index in [0.29, 0.717) is 24.5 Å². The van der Waals surface area contributed by atoms with Crippen LogP contribution in [0.5, 0.6) is 0 Å². The number of hydrogen-bond donors (Lipinski definition) is 0. The first kappa shape index (κ1) is 24.8. The van der Waals surface area contributed by atoms with E-state index in [1.165, 1.54) is 22.5 Å². The van der Waals surface area contributed by atoms with Crippen LogP contribution in [0, 0.1) is 6.92 Å². The van der Waals surface area contributed by atoms with Gasteiger partial charge in [-0.2, -0.15) is 0 Å². The Bertz CT molecular complexity index is 1030. The molecule has 6 heteroatoms. The zero-order valence-corrected chi connectivity index (χ0v) is 20.8. The van der Waals surface area contributed by atoms with Crippen molar-refractivity contribution in [2.75, 3.05) is 19.6 Å². The van der Waals surface area contributed by atoms with Crippen LogP contribution in [0.25, 0.3) is 0 Å². The fourth-order valence-electron chi connectivity index (χ4n) is 3.93. The summed E-state index contributed by atoms with van der Waals surface area (Å²) in [4.78, 5) is 30.6. The number of amides is 2. The minimum atomic E-state index is -0.0570. The topological polar surface area (TPSA) is 45.6 Å². The average Bonchev–Trinajstić information content (AvgIpc) is 3.48. The van der Waals surface area contributed by atoms with Crippen molar-refractivity contribution in [3.05, 3.63) is 81.8 Å². The smallest absolute Gasteiger partial charge is 0.264 e. The van der Waals surface area contributed by atoms with Crippen LogP contribution >= 0.6 is 11.3 Å². The molecule has 33 heavy (non-hydrogen) atoms. The number of carbonyl (C=O) groups excluding carboxylic acids is 2. The lowest BCUT2D eigenvalue weighted by Gasteiger charge is -2.28. The second kappa shape index (κ2) is 12.4. The maximum Gasteiger partial charge on any atom is 0.264 e. The number of hydrogen-bond acceptors (Lipinski definition) is 3. The lowest BCUT2D eigenvalue weighted by Crippen LogP contribution is -2.43. The highest BCUT2D eigenvalue weighted by Gasteiger charge is 2.23. The van der Waals surface area contributed by atoms with Crippen LogP contribution in [0.2, 0.25) is 0 Å². The number of benzene rings is 1. The van der Waals surface area contributed by atoms with Crippen molar-refractivity contribution in [1.29, 1.82) is 0 Å². The fraction of sp³-hybridized carbons (Fsp3) is 0.407. The number of thiophene rings is 1. The number of rotatable bonds is 12. The molecule has 0 unspecified atom stereocenters. The van der Waals surface area contributed by atoms with Gasteiger partial charge in [-0.15, -0.1) is 11.3 Å². The molecule has 0 radical (unpaired) electrons. The van der Waals surface area contributed by atoms with E-state index in [0.717, 1.165) is 31.5 Å². The molecule has 0 saturated heterocycles. The molecule has 0 aliphatic carbocycles. The van der Waals surface area contributed by atoms with Gasteiger partial charge in [0.2, 0.25) is 5.91 Å². The van der Waals surface area contributed by atoms with E-state index in [1.54, 1.807) is 4.90 Å². The summed E-state index contributed by atoms with van der Waals surface area (Å²) in [5.74, 6) is -0.0522. The van der Waals surface area contributed by atoms with Crippen molar-refractivity contribution < 1.29 is 9.59 Å². The zero-order chi connectivity index (χ0) is 23.6. The van der Waals surface area contributed by atoms with Gasteiger partial charge in [-0.25, -0.2) is 0 Å². The monoisotopic (exact) mass is 465 g/mol. The lowest BCUT2D eigenvalue weighted by atomic mass is 10.1. The summed E-state index contributed by atoms with van der Waals surface area (Å²) in [6, 6.07) is 16.3. The van der Waals surface area contributed by atoms with E-state index in [1.807, 2.05) is 35.4 Å². The SMILES string of the molecule is CCCCN(Cc1cccn1Cc1cccc(C)c1)C(=O)CN(CCC)C(=O)c1cccs1. The molecule has 0 atom stereocenters. The third-order valence-electron chi connectivity index (χ3n) is 5.68. The summed E-state index contributed by atoms with van der Waals surface area (Å²) in [6.45, 7) is 8.98. The third kappa shape index (κ3) is 7.06. The van der Waals surface area contributed by atoms with E-state index in [4.69, 9.17) is 0 Å². The van der Waals surface area contributed by atoms with E-state index in [2.05, 4.69) is 54.9 Å². The largest absolute Gasteiger partial charge is 0.345 e. The Balaban J connectivity index is 1.73. The van der Waals surface area contributed by atoms with E-state index in [-0.39, 0.29) is 18.4 Å². The Kier molecular flexibility index (Phi) is 9.31. The highest BCUT2D eigenvalue weighted by atomic mass is 32.1. The molecule has 3 rings (SSSR count). The Morgan fingerprint density at radius 2 is 1.82 bits per heavy atom. The molecule has 3 aromatic rings. The summed E-state index contributed by atoms with van der Waals surface area (Å²) in [6.07, 6.45) is 4.85. The van der Waals surface area contributed by atoms with Crippen LogP contribution in [0.3, 0.4) is 0 Å². The van der Waals surface area contributed by atoms with Gasteiger partial charge in [0.25, 0.3) is 5.91 Å². The predicted octanol–water partition coefficient (Wildman–Crippen LogP) is 5.59. The normalized spacial score (nSPS) is 10.9. The Morgan fingerprint density at radius 3 is 2.52 bits per heavy atom. The van der Waals surface area contributed by atoms with Gasteiger partial charge in [0, 0.05) is 31.5 Å². The first-order chi connectivity index (χ1) is 16.0. The molecular formula is C27H35N3O2S. The van der Waals surface area contributed by atoms with Crippen LogP contribution in [-0.2, 0) is 17.9 Å². The molecule has 0 spiro atoms. The van der Waals surface area contributed by atoms with Gasteiger partial charge in [-0.05, 0) is 48.9 Å². The minimum Gasteiger partial charge on any atom is -0.345 e. The molecule has 0 aliphatic heterocycles. The van der Waals surface area contributed by atoms with Crippen molar-refractivity contribution in [3.63, 3.8) is 0 Å². The molecule has 2 aromatic heterocycles. The first-order valence-corrected chi connectivity index (χ1v) is 12.7. The standard InChI is InChI=1S/C27H35N3O2S/c1-4-6-15-29(26(31)21-30(14-5-2)27(32)25-13-9-17-33-25)20-24-12-8-16-28(24)19-23-11-7-10-22(3)18-23/h7-13,16-18H,4-6,14-15,19-21H2,1-3H3. The van der Waals surface area contributed by atoms with Crippen molar-refractivity contribution >= 4 is 23.2 Å². The number of aryl methyl sites for hydroxylation is 1. The molecule has 2 amide bonds. The molecule has 0 N–H and O–H groups in total. The van der Waals surface area contributed by atoms with Crippen LogP contribution in [0.4, 0.5) is 0 Å². The molecule has 0 fully saturated rings. The summed E-state index contributed by atoms with van der Waals surface area (Å²) < 4.78 is 2.21. The van der Waals surface area contributed by atoms with E-state index in [9.17, 15) is 9.59 Å². The van der Waals surface area contributed by atoms with Crippen molar-refractivity contribution in [1.82, 2.24) is 14.4 Å². The number of unbranched alkanes of at least 4 members (excludes halogenated alkanes) is 1. The van der Waals surface area contributed by atoms with Crippen LogP contribution < -0.4 is 0 Å². The van der Waals surface area contributed by atoms with Crippen LogP contribution in [-0.4, -0.2) is 45.8 Å². The lowest BCUT2D eigenvalue weighted by molar-refractivity contribution is -0.132. The highest BCUT2D eigenvalue weighted by Crippen LogP contribution is 2.15. The van der Waals surface area contributed by atoms with Gasteiger partial charge in [-0.1, -0.05) is 56.2 Å². The number of carbonyl (C=O) groups is 2. The van der Waals surface area contributed by atoms with Gasteiger partial charge in [0.15, 0.2) is 0 Å². The summed E-state index contributed by atoms with van der Waals surface area (Å²) in [5.41, 5.74) is 3.59. The number of nitrogens with zero attached hydrogens (tertiary/aromatic N) is 3. The molecular weight excluding hydrogens is 430 g/mol. The third-order valence-corrected chi connectivity index (χ3v) is 6.54. The molecule has 0 bridgehead atoms. The van der Waals surface area contributed by atoms with Gasteiger partial charge in [0.05, 0.1) is 11.4 Å². The van der Waals surface area contributed by atoms with E-state index < -0.39 is 0 Å². The van der Waals surface area contributed by atoms with Gasteiger partial charge >= 0.3 is 0 Å². The Labute approximate surface area is 201 Å². The predicted molar refractivity (Wildman–Crippen MR) is 136 cm³/mol. The molecule has 0 saturated carbocycles. The summed E-state index contributed by atoms with van der Waals surface area (Å²) in [5, 5.41) is 1.90. The summed E-state index contributed by atoms with van der Waals surface area (Å²) >= 11 is 1.42. The van der Waals surface area contributed by atoms with Gasteiger partial charge < -0.3 is 14.4 Å². The van der Waals surface area contributed by atoms with Crippen molar-refractivity contribution in [2.45, 2.75) is 53.1 Å². The highest BCUT2D eigenvalue weighted by molar-refractivity contribution is 7.12. The van der Waals surface area contributed by atoms with Gasteiger partial charge in [-0.3, -0.25) is 9.59 Å². The molecule has 2 heterocycles. The number of aromatic nitrogens is 1. The van der Waals surface area contributed by atoms with Crippen molar-refractivity contribution in [3.8, 4) is 0 Å². The van der Waals surface area contributed by atoms with Crippen LogP contribution in [0.1, 0.15) is 59.6 Å². The van der Waals surface area contributed by atoms with Crippen molar-refractivity contribution in [2.24, 2.45) is 0 Å². The molecule has 176 valence electrons. The maximum atomic E-state index is 13.4. The second-order valence-electron chi connectivity index (χ2n) is 8.49. The molecule has 1 aromatic carbocycles. The van der Waals surface area contributed by atoms with E-state index >= 15 is 0 Å². The van der Waals surface area contributed by atoms with Crippen LogP contribution in [0.15, 0.2) is 60.1 Å². The molecule has 5 nitrogen and oxygen atoms in total. The fourth-order valence-corrected chi connectivity index (χ4v) is 4.62. The Morgan fingerprint density at radius 1 is 0.970 bits per heavy atom. The minimum absolute atomic E-state index is 0.00473. The zero-order valence-electron chi connectivity index (χ0n) is 20.0. The maximum absolute atomic E-state index is 13.4. The summed E-state index contributed by atoms with van der Waals surface area (Å²) in [7, 11) is 0. The Hall–Kier alpha value is -2.86. The average molecular weight is 466 g/mol. The second-order valence-corrected chi connectivity index (χ2v) is 9.44.